The van der Waals surface area contributed by atoms with E-state index >= 15 is 0 Å². The van der Waals surface area contributed by atoms with Crippen LogP contribution in [0.4, 0.5) is 0 Å². The highest BCUT2D eigenvalue weighted by atomic mass is 35.5. The molecule has 0 saturated carbocycles. The van der Waals surface area contributed by atoms with E-state index in [9.17, 15) is 0 Å². The minimum Gasteiger partial charge on any atom is -0.192 e. The van der Waals surface area contributed by atoms with E-state index in [1.807, 2.05) is 31.2 Å². The summed E-state index contributed by atoms with van der Waals surface area (Å²) in [6.07, 6.45) is 0. The van der Waals surface area contributed by atoms with Crippen molar-refractivity contribution in [3.63, 3.8) is 0 Å². The third-order valence-corrected chi connectivity index (χ3v) is 2.98. The normalized spacial score (nSPS) is 10.0. The Morgan fingerprint density at radius 3 is 2.24 bits per heavy atom. The van der Waals surface area contributed by atoms with E-state index in [1.54, 1.807) is 12.1 Å². The average Bonchev–Trinajstić information content (AvgIpc) is 2.28. The molecule has 0 aliphatic carbocycles. The van der Waals surface area contributed by atoms with Gasteiger partial charge in [-0.15, -0.1) is 0 Å². The summed E-state index contributed by atoms with van der Waals surface area (Å²) in [5.41, 5.74) is 3.62. The van der Waals surface area contributed by atoms with Crippen LogP contribution in [-0.4, -0.2) is 0 Å². The van der Waals surface area contributed by atoms with E-state index in [2.05, 4.69) is 6.07 Å². The zero-order valence-corrected chi connectivity index (χ0v) is 10.7. The number of hydrogen-bond acceptors (Lipinski definition) is 1. The first-order valence-corrected chi connectivity index (χ1v) is 5.83. The first kappa shape index (κ1) is 12.0. The second-order valence-electron chi connectivity index (χ2n) is 3.80. The predicted octanol–water partition coefficient (Wildman–Crippen LogP) is 4.84. The molecule has 0 aromatic heterocycles. The van der Waals surface area contributed by atoms with Gasteiger partial charge in [-0.25, -0.2) is 0 Å². The van der Waals surface area contributed by atoms with Crippen LogP contribution in [0.3, 0.4) is 0 Å². The van der Waals surface area contributed by atoms with Crippen molar-refractivity contribution in [2.75, 3.05) is 0 Å². The van der Waals surface area contributed by atoms with Gasteiger partial charge in [0.1, 0.15) is 0 Å². The first-order chi connectivity index (χ1) is 8.10. The third-order valence-electron chi connectivity index (χ3n) is 2.54. The molecular formula is C14H9Cl2N. The Morgan fingerprint density at radius 2 is 1.65 bits per heavy atom. The molecule has 0 bridgehead atoms. The van der Waals surface area contributed by atoms with Gasteiger partial charge >= 0.3 is 0 Å². The molecular weight excluding hydrogens is 253 g/mol. The summed E-state index contributed by atoms with van der Waals surface area (Å²) in [6.45, 7) is 1.99. The smallest absolute Gasteiger partial charge is 0.0991 e. The lowest BCUT2D eigenvalue weighted by atomic mass is 9.98. The maximum atomic E-state index is 8.91. The van der Waals surface area contributed by atoms with Crippen molar-refractivity contribution in [3.05, 3.63) is 57.6 Å². The van der Waals surface area contributed by atoms with Crippen LogP contribution in [0, 0.1) is 18.3 Å². The molecule has 0 unspecified atom stereocenters. The second kappa shape index (κ2) is 4.79. The third kappa shape index (κ3) is 2.61. The summed E-state index contributed by atoms with van der Waals surface area (Å²) >= 11 is 12.0. The Labute approximate surface area is 110 Å². The average molecular weight is 262 g/mol. The van der Waals surface area contributed by atoms with Crippen LogP contribution in [0.5, 0.6) is 0 Å². The fourth-order valence-corrected chi connectivity index (χ4v) is 2.24. The van der Waals surface area contributed by atoms with E-state index in [0.29, 0.717) is 15.6 Å². The van der Waals surface area contributed by atoms with Crippen molar-refractivity contribution >= 4 is 23.2 Å². The van der Waals surface area contributed by atoms with Crippen LogP contribution in [0.1, 0.15) is 11.1 Å². The number of benzene rings is 2. The molecule has 0 saturated heterocycles. The van der Waals surface area contributed by atoms with Gasteiger partial charge in [-0.1, -0.05) is 29.3 Å². The standard InChI is InChI=1S/C14H9Cl2N/c1-9-2-3-10(8-17)4-14(9)11-5-12(15)7-13(16)6-11/h2-7H,1H3. The molecule has 0 radical (unpaired) electrons. The number of rotatable bonds is 1. The van der Waals surface area contributed by atoms with Crippen molar-refractivity contribution in [2.45, 2.75) is 6.92 Å². The molecule has 0 amide bonds. The van der Waals surface area contributed by atoms with Crippen LogP contribution in [0.15, 0.2) is 36.4 Å². The Hall–Kier alpha value is -1.49. The van der Waals surface area contributed by atoms with Crippen LogP contribution in [0.25, 0.3) is 11.1 Å². The van der Waals surface area contributed by atoms with Crippen molar-refractivity contribution in [3.8, 4) is 17.2 Å². The zero-order chi connectivity index (χ0) is 12.4. The summed E-state index contributed by atoms with van der Waals surface area (Å²) in [4.78, 5) is 0. The van der Waals surface area contributed by atoms with Crippen molar-refractivity contribution < 1.29 is 0 Å². The van der Waals surface area contributed by atoms with Gasteiger partial charge < -0.3 is 0 Å². The quantitative estimate of drug-likeness (QED) is 0.721. The molecule has 2 rings (SSSR count). The summed E-state index contributed by atoms with van der Waals surface area (Å²) < 4.78 is 0. The van der Waals surface area contributed by atoms with Gasteiger partial charge in [0, 0.05) is 10.0 Å². The molecule has 0 N–H and O–H groups in total. The molecule has 2 aromatic rings. The van der Waals surface area contributed by atoms with Crippen molar-refractivity contribution in [1.29, 1.82) is 5.26 Å². The van der Waals surface area contributed by atoms with Crippen LogP contribution < -0.4 is 0 Å². The number of aryl methyl sites for hydroxylation is 1. The minimum absolute atomic E-state index is 0.592. The van der Waals surface area contributed by atoms with Gasteiger partial charge in [0.25, 0.3) is 0 Å². The second-order valence-corrected chi connectivity index (χ2v) is 4.67. The number of hydrogen-bond donors (Lipinski definition) is 0. The maximum Gasteiger partial charge on any atom is 0.0991 e. The lowest BCUT2D eigenvalue weighted by Gasteiger charge is -2.07. The molecule has 2 aromatic carbocycles. The summed E-state index contributed by atoms with van der Waals surface area (Å²) in [7, 11) is 0. The largest absolute Gasteiger partial charge is 0.192 e. The Morgan fingerprint density at radius 1 is 1.00 bits per heavy atom. The van der Waals surface area contributed by atoms with Crippen LogP contribution in [-0.2, 0) is 0 Å². The predicted molar refractivity (Wildman–Crippen MR) is 71.4 cm³/mol. The van der Waals surface area contributed by atoms with E-state index in [4.69, 9.17) is 28.5 Å². The Kier molecular flexibility index (Phi) is 3.38. The van der Waals surface area contributed by atoms with Gasteiger partial charge in [-0.2, -0.15) is 5.26 Å². The SMILES string of the molecule is Cc1ccc(C#N)cc1-c1cc(Cl)cc(Cl)c1. The van der Waals surface area contributed by atoms with Gasteiger partial charge in [0.15, 0.2) is 0 Å². The Balaban J connectivity index is 2.63. The molecule has 0 atom stereocenters. The molecule has 0 aliphatic rings. The first-order valence-electron chi connectivity index (χ1n) is 5.07. The fourth-order valence-electron chi connectivity index (χ4n) is 1.71. The summed E-state index contributed by atoms with van der Waals surface area (Å²) in [5.74, 6) is 0. The fraction of sp³-hybridized carbons (Fsp3) is 0.0714. The molecule has 0 spiro atoms. The number of nitriles is 1. The number of nitrogens with zero attached hydrogens (tertiary/aromatic N) is 1. The topological polar surface area (TPSA) is 23.8 Å². The van der Waals surface area contributed by atoms with Crippen molar-refractivity contribution in [2.24, 2.45) is 0 Å². The molecule has 1 nitrogen and oxygen atoms in total. The lowest BCUT2D eigenvalue weighted by molar-refractivity contribution is 1.42. The van der Waals surface area contributed by atoms with Gasteiger partial charge in [-0.3, -0.25) is 0 Å². The molecule has 3 heteroatoms. The van der Waals surface area contributed by atoms with Gasteiger partial charge in [0.2, 0.25) is 0 Å². The lowest BCUT2D eigenvalue weighted by Crippen LogP contribution is -1.85. The highest BCUT2D eigenvalue weighted by Gasteiger charge is 2.05. The van der Waals surface area contributed by atoms with E-state index in [1.165, 1.54) is 0 Å². The minimum atomic E-state index is 0.592. The molecule has 84 valence electrons. The molecule has 0 fully saturated rings. The monoisotopic (exact) mass is 261 g/mol. The van der Waals surface area contributed by atoms with Gasteiger partial charge in [0.05, 0.1) is 11.6 Å². The van der Waals surface area contributed by atoms with Gasteiger partial charge in [-0.05, 0) is 53.9 Å². The Bertz CT molecular complexity index is 592. The number of halogens is 2. The maximum absolute atomic E-state index is 8.91. The highest BCUT2D eigenvalue weighted by Crippen LogP contribution is 2.29. The van der Waals surface area contributed by atoms with Crippen molar-refractivity contribution in [1.82, 2.24) is 0 Å². The highest BCUT2D eigenvalue weighted by molar-refractivity contribution is 6.35. The zero-order valence-electron chi connectivity index (χ0n) is 9.17. The van der Waals surface area contributed by atoms with E-state index in [-0.39, 0.29) is 0 Å². The van der Waals surface area contributed by atoms with Crippen LogP contribution in [0.2, 0.25) is 10.0 Å². The molecule has 0 aliphatic heterocycles. The van der Waals surface area contributed by atoms with E-state index in [0.717, 1.165) is 16.7 Å². The van der Waals surface area contributed by atoms with Crippen LogP contribution >= 0.6 is 23.2 Å². The van der Waals surface area contributed by atoms with E-state index < -0.39 is 0 Å². The summed E-state index contributed by atoms with van der Waals surface area (Å²) in [6, 6.07) is 13.1. The molecule has 0 heterocycles. The summed E-state index contributed by atoms with van der Waals surface area (Å²) in [5, 5.41) is 10.1. The molecule has 17 heavy (non-hydrogen) atoms.